The van der Waals surface area contributed by atoms with Crippen molar-refractivity contribution in [1.82, 2.24) is 4.90 Å². The number of carbonyl (C=O) groups is 2. The molecule has 116 valence electrons. The first kappa shape index (κ1) is 17.0. The number of likely N-dealkylation sites (N-methyl/N-ethyl adjacent to an activating group) is 1. The fourth-order valence-electron chi connectivity index (χ4n) is 2.04. The molecule has 1 unspecified atom stereocenters. The normalized spacial score (nSPS) is 12.0. The van der Waals surface area contributed by atoms with E-state index in [1.54, 1.807) is 13.8 Å². The number of methoxy groups -OCH3 is 1. The van der Waals surface area contributed by atoms with Gasteiger partial charge in [-0.2, -0.15) is 0 Å². The van der Waals surface area contributed by atoms with Gasteiger partial charge in [0.25, 0.3) is 5.91 Å². The number of ether oxygens (including phenoxy) is 1. The molecule has 1 atom stereocenters. The molecule has 0 bridgehead atoms. The molecule has 0 heterocycles. The lowest BCUT2D eigenvalue weighted by atomic mass is 10.0. The number of hydrogen-bond donors (Lipinski definition) is 1. The summed E-state index contributed by atoms with van der Waals surface area (Å²) in [5.41, 5.74) is -0.951. The van der Waals surface area contributed by atoms with Crippen LogP contribution >= 0.6 is 0 Å². The molecule has 0 spiro atoms. The van der Waals surface area contributed by atoms with E-state index >= 15 is 0 Å². The third-order valence-electron chi connectivity index (χ3n) is 3.06. The summed E-state index contributed by atoms with van der Waals surface area (Å²) in [6, 6.07) is 0.797. The number of hydrogen-bond acceptors (Lipinski definition) is 3. The molecule has 0 radical (unpaired) electrons. The zero-order chi connectivity index (χ0) is 16.2. The lowest BCUT2D eigenvalue weighted by Crippen LogP contribution is -2.41. The van der Waals surface area contributed by atoms with Gasteiger partial charge >= 0.3 is 5.97 Å². The SMILES string of the molecule is CCN(C(=O)c1cc(F)c(F)cc1C(=O)O)C(C)COC. The summed E-state index contributed by atoms with van der Waals surface area (Å²) >= 11 is 0. The zero-order valence-corrected chi connectivity index (χ0v) is 12.0. The Kier molecular flexibility index (Phi) is 5.78. The van der Waals surface area contributed by atoms with E-state index in [0.717, 1.165) is 0 Å². The second-order valence-electron chi connectivity index (χ2n) is 4.51. The second-order valence-corrected chi connectivity index (χ2v) is 4.51. The molecule has 0 aromatic heterocycles. The van der Waals surface area contributed by atoms with Crippen molar-refractivity contribution in [2.24, 2.45) is 0 Å². The Labute approximate surface area is 121 Å². The number of halogens is 2. The van der Waals surface area contributed by atoms with Crippen LogP contribution in [-0.4, -0.2) is 48.2 Å². The number of carbonyl (C=O) groups excluding carboxylic acids is 1. The van der Waals surface area contributed by atoms with E-state index < -0.39 is 29.1 Å². The van der Waals surface area contributed by atoms with Gasteiger partial charge in [0.05, 0.1) is 23.8 Å². The highest BCUT2D eigenvalue weighted by atomic mass is 19.2. The van der Waals surface area contributed by atoms with Crippen LogP contribution in [0.4, 0.5) is 8.78 Å². The van der Waals surface area contributed by atoms with Crippen LogP contribution in [0, 0.1) is 11.6 Å². The topological polar surface area (TPSA) is 66.8 Å². The highest BCUT2D eigenvalue weighted by molar-refractivity contribution is 6.04. The van der Waals surface area contributed by atoms with Gasteiger partial charge in [0, 0.05) is 13.7 Å². The van der Waals surface area contributed by atoms with Crippen LogP contribution in [0.2, 0.25) is 0 Å². The first-order chi connectivity index (χ1) is 9.83. The van der Waals surface area contributed by atoms with Gasteiger partial charge in [-0.3, -0.25) is 4.79 Å². The standard InChI is InChI=1S/C14H17F2NO4/c1-4-17(8(2)7-21-3)13(18)9-5-11(15)12(16)6-10(9)14(19)20/h5-6,8H,4,7H2,1-3H3,(H,19,20). The lowest BCUT2D eigenvalue weighted by Gasteiger charge is -2.28. The first-order valence-corrected chi connectivity index (χ1v) is 6.35. The molecule has 1 N–H and O–H groups in total. The highest BCUT2D eigenvalue weighted by Crippen LogP contribution is 2.18. The summed E-state index contributed by atoms with van der Waals surface area (Å²) in [7, 11) is 1.47. The Hall–Kier alpha value is -2.02. The summed E-state index contributed by atoms with van der Waals surface area (Å²) in [6.45, 7) is 3.93. The van der Waals surface area contributed by atoms with E-state index in [2.05, 4.69) is 0 Å². The summed E-state index contributed by atoms with van der Waals surface area (Å²) in [5, 5.41) is 9.04. The van der Waals surface area contributed by atoms with Crippen LogP contribution in [-0.2, 0) is 4.74 Å². The average Bonchev–Trinajstić information content (AvgIpc) is 2.42. The third-order valence-corrected chi connectivity index (χ3v) is 3.06. The molecule has 5 nitrogen and oxygen atoms in total. The maximum atomic E-state index is 13.3. The number of benzene rings is 1. The van der Waals surface area contributed by atoms with Crippen LogP contribution in [0.15, 0.2) is 12.1 Å². The number of rotatable bonds is 6. The second kappa shape index (κ2) is 7.12. The van der Waals surface area contributed by atoms with Gasteiger partial charge in [-0.15, -0.1) is 0 Å². The van der Waals surface area contributed by atoms with Crippen molar-refractivity contribution in [3.63, 3.8) is 0 Å². The smallest absolute Gasteiger partial charge is 0.336 e. The van der Waals surface area contributed by atoms with Crippen molar-refractivity contribution in [3.05, 3.63) is 34.9 Å². The molecule has 0 aliphatic carbocycles. The van der Waals surface area contributed by atoms with Gasteiger partial charge in [0.15, 0.2) is 11.6 Å². The fraction of sp³-hybridized carbons (Fsp3) is 0.429. The predicted octanol–water partition coefficient (Wildman–Crippen LogP) is 2.16. The maximum absolute atomic E-state index is 13.3. The van der Waals surface area contributed by atoms with Crippen LogP contribution in [0.5, 0.6) is 0 Å². The van der Waals surface area contributed by atoms with Gasteiger partial charge in [0.2, 0.25) is 0 Å². The molecule has 1 rings (SSSR count). The molecule has 0 saturated carbocycles. The Morgan fingerprint density at radius 3 is 2.24 bits per heavy atom. The minimum absolute atomic E-state index is 0.242. The number of carboxylic acids is 1. The maximum Gasteiger partial charge on any atom is 0.336 e. The van der Waals surface area contributed by atoms with Gasteiger partial charge < -0.3 is 14.7 Å². The van der Waals surface area contributed by atoms with Gasteiger partial charge in [-0.05, 0) is 26.0 Å². The van der Waals surface area contributed by atoms with Crippen molar-refractivity contribution in [2.75, 3.05) is 20.3 Å². The van der Waals surface area contributed by atoms with Gasteiger partial charge in [-0.25, -0.2) is 13.6 Å². The van der Waals surface area contributed by atoms with Crippen LogP contribution in [0.25, 0.3) is 0 Å². The molecule has 0 aliphatic heterocycles. The van der Waals surface area contributed by atoms with Crippen molar-refractivity contribution in [3.8, 4) is 0 Å². The molecule has 0 saturated heterocycles. The summed E-state index contributed by atoms with van der Waals surface area (Å²) in [5.74, 6) is -4.75. The molecule has 1 aromatic rings. The quantitative estimate of drug-likeness (QED) is 0.874. The third kappa shape index (κ3) is 3.75. The molecule has 0 aliphatic rings. The van der Waals surface area contributed by atoms with Crippen molar-refractivity contribution in [1.29, 1.82) is 0 Å². The van der Waals surface area contributed by atoms with E-state index in [1.165, 1.54) is 12.0 Å². The van der Waals surface area contributed by atoms with E-state index in [9.17, 15) is 18.4 Å². The molecular formula is C14H17F2NO4. The Morgan fingerprint density at radius 1 is 1.29 bits per heavy atom. The highest BCUT2D eigenvalue weighted by Gasteiger charge is 2.26. The molecule has 1 amide bonds. The monoisotopic (exact) mass is 301 g/mol. The molecular weight excluding hydrogens is 284 g/mol. The lowest BCUT2D eigenvalue weighted by molar-refractivity contribution is 0.0566. The van der Waals surface area contributed by atoms with Crippen molar-refractivity contribution in [2.45, 2.75) is 19.9 Å². The summed E-state index contributed by atoms with van der Waals surface area (Å²) in [4.78, 5) is 24.8. The largest absolute Gasteiger partial charge is 0.478 e. The number of amides is 1. The van der Waals surface area contributed by atoms with E-state index in [-0.39, 0.29) is 24.8 Å². The summed E-state index contributed by atoms with van der Waals surface area (Å²) in [6.07, 6.45) is 0. The first-order valence-electron chi connectivity index (χ1n) is 6.35. The number of nitrogens with zero attached hydrogens (tertiary/aromatic N) is 1. The van der Waals surface area contributed by atoms with Crippen molar-refractivity contribution < 1.29 is 28.2 Å². The molecule has 1 aromatic carbocycles. The fourth-order valence-corrected chi connectivity index (χ4v) is 2.04. The molecule has 0 fully saturated rings. The van der Waals surface area contributed by atoms with E-state index in [1.807, 2.05) is 0 Å². The van der Waals surface area contributed by atoms with Gasteiger partial charge in [-0.1, -0.05) is 0 Å². The van der Waals surface area contributed by atoms with Gasteiger partial charge in [0.1, 0.15) is 0 Å². The zero-order valence-electron chi connectivity index (χ0n) is 12.0. The minimum Gasteiger partial charge on any atom is -0.478 e. The Bertz CT molecular complexity index is 548. The number of aromatic carboxylic acids is 1. The minimum atomic E-state index is -1.49. The average molecular weight is 301 g/mol. The molecule has 7 heteroatoms. The molecule has 21 heavy (non-hydrogen) atoms. The van der Waals surface area contributed by atoms with E-state index in [4.69, 9.17) is 9.84 Å². The Balaban J connectivity index is 3.27. The van der Waals surface area contributed by atoms with Crippen LogP contribution in [0.3, 0.4) is 0 Å². The summed E-state index contributed by atoms with van der Waals surface area (Å²) < 4.78 is 31.4. The van der Waals surface area contributed by atoms with Crippen LogP contribution < -0.4 is 0 Å². The number of carboxylic acid groups (broad SMARTS) is 1. The van der Waals surface area contributed by atoms with E-state index in [0.29, 0.717) is 12.1 Å². The van der Waals surface area contributed by atoms with Crippen LogP contribution in [0.1, 0.15) is 34.6 Å². The Morgan fingerprint density at radius 2 is 1.81 bits per heavy atom. The van der Waals surface area contributed by atoms with Crippen molar-refractivity contribution >= 4 is 11.9 Å². The predicted molar refractivity (Wildman–Crippen MR) is 71.4 cm³/mol.